The van der Waals surface area contributed by atoms with Gasteiger partial charge < -0.3 is 15.5 Å². The summed E-state index contributed by atoms with van der Waals surface area (Å²) < 4.78 is 6.44. The van der Waals surface area contributed by atoms with Gasteiger partial charge in [0.15, 0.2) is 5.76 Å². The molecule has 18 heavy (non-hydrogen) atoms. The Balaban J connectivity index is 2.08. The van der Waals surface area contributed by atoms with E-state index in [0.29, 0.717) is 17.9 Å². The standard InChI is InChI=1S/C13H15BrN2O2/c1-8(15)4-5-16-13(17)12-7-9-6-10(14)2-3-11(9)18-12/h2-3,6-8H,4-5,15H2,1H3,(H,16,17). The zero-order valence-electron chi connectivity index (χ0n) is 10.1. The molecule has 3 N–H and O–H groups in total. The number of nitrogens with two attached hydrogens (primary N) is 1. The molecule has 0 fully saturated rings. The normalized spacial score (nSPS) is 12.6. The Bertz CT molecular complexity index is 563. The van der Waals surface area contributed by atoms with Gasteiger partial charge in [-0.2, -0.15) is 0 Å². The van der Waals surface area contributed by atoms with Crippen molar-refractivity contribution in [1.29, 1.82) is 0 Å². The number of rotatable bonds is 4. The Labute approximate surface area is 114 Å². The van der Waals surface area contributed by atoms with Crippen LogP contribution in [0, 0.1) is 0 Å². The molecule has 4 nitrogen and oxygen atoms in total. The summed E-state index contributed by atoms with van der Waals surface area (Å²) >= 11 is 3.38. The summed E-state index contributed by atoms with van der Waals surface area (Å²) in [4.78, 5) is 11.8. The molecule has 2 rings (SSSR count). The van der Waals surface area contributed by atoms with E-state index in [2.05, 4.69) is 21.2 Å². The molecule has 0 spiro atoms. The van der Waals surface area contributed by atoms with Crippen molar-refractivity contribution in [2.75, 3.05) is 6.54 Å². The molecule has 96 valence electrons. The van der Waals surface area contributed by atoms with Gasteiger partial charge in [-0.3, -0.25) is 4.79 Å². The molecule has 0 saturated carbocycles. The van der Waals surface area contributed by atoms with E-state index in [1.165, 1.54) is 0 Å². The number of carbonyl (C=O) groups excluding carboxylic acids is 1. The van der Waals surface area contributed by atoms with Crippen molar-refractivity contribution in [2.45, 2.75) is 19.4 Å². The summed E-state index contributed by atoms with van der Waals surface area (Å²) in [5.41, 5.74) is 6.32. The minimum absolute atomic E-state index is 0.0805. The highest BCUT2D eigenvalue weighted by Crippen LogP contribution is 2.23. The van der Waals surface area contributed by atoms with Gasteiger partial charge in [-0.1, -0.05) is 15.9 Å². The fourth-order valence-corrected chi connectivity index (χ4v) is 2.01. The highest BCUT2D eigenvalue weighted by atomic mass is 79.9. The van der Waals surface area contributed by atoms with Crippen LogP contribution in [0.1, 0.15) is 23.9 Å². The van der Waals surface area contributed by atoms with E-state index in [-0.39, 0.29) is 11.9 Å². The van der Waals surface area contributed by atoms with Crippen LogP contribution in [-0.2, 0) is 0 Å². The third kappa shape index (κ3) is 3.11. The lowest BCUT2D eigenvalue weighted by atomic mass is 10.2. The van der Waals surface area contributed by atoms with Crippen molar-refractivity contribution < 1.29 is 9.21 Å². The summed E-state index contributed by atoms with van der Waals surface area (Å²) in [6.07, 6.45) is 0.748. The second-order valence-corrected chi connectivity index (χ2v) is 5.23. The minimum Gasteiger partial charge on any atom is -0.451 e. The van der Waals surface area contributed by atoms with E-state index in [0.717, 1.165) is 16.3 Å². The zero-order valence-corrected chi connectivity index (χ0v) is 11.7. The molecule has 0 radical (unpaired) electrons. The van der Waals surface area contributed by atoms with Crippen LogP contribution in [0.5, 0.6) is 0 Å². The molecular weight excluding hydrogens is 296 g/mol. The second-order valence-electron chi connectivity index (χ2n) is 4.31. The highest BCUT2D eigenvalue weighted by molar-refractivity contribution is 9.10. The smallest absolute Gasteiger partial charge is 0.287 e. The van der Waals surface area contributed by atoms with Gasteiger partial charge >= 0.3 is 0 Å². The summed E-state index contributed by atoms with van der Waals surface area (Å²) in [7, 11) is 0. The maximum absolute atomic E-state index is 11.8. The second kappa shape index (κ2) is 5.54. The van der Waals surface area contributed by atoms with Gasteiger partial charge in [0.2, 0.25) is 0 Å². The van der Waals surface area contributed by atoms with Gasteiger partial charge in [-0.25, -0.2) is 0 Å². The molecule has 0 aliphatic carbocycles. The van der Waals surface area contributed by atoms with E-state index in [1.54, 1.807) is 6.07 Å². The molecular formula is C13H15BrN2O2. The quantitative estimate of drug-likeness (QED) is 0.912. The Morgan fingerprint density at radius 2 is 2.28 bits per heavy atom. The fraction of sp³-hybridized carbons (Fsp3) is 0.308. The van der Waals surface area contributed by atoms with E-state index in [9.17, 15) is 4.79 Å². The van der Waals surface area contributed by atoms with Crippen LogP contribution >= 0.6 is 15.9 Å². The third-order valence-electron chi connectivity index (χ3n) is 2.59. The average Bonchev–Trinajstić information content (AvgIpc) is 2.71. The van der Waals surface area contributed by atoms with E-state index >= 15 is 0 Å². The summed E-state index contributed by atoms with van der Waals surface area (Å²) in [5, 5.41) is 3.69. The number of carbonyl (C=O) groups is 1. The van der Waals surface area contributed by atoms with Crippen LogP contribution in [0.2, 0.25) is 0 Å². The molecule has 1 amide bonds. The van der Waals surface area contributed by atoms with Crippen molar-refractivity contribution in [2.24, 2.45) is 5.73 Å². The lowest BCUT2D eigenvalue weighted by molar-refractivity contribution is 0.0927. The maximum Gasteiger partial charge on any atom is 0.287 e. The van der Waals surface area contributed by atoms with Crippen molar-refractivity contribution >= 4 is 32.8 Å². The molecule has 1 atom stereocenters. The van der Waals surface area contributed by atoms with Crippen molar-refractivity contribution in [1.82, 2.24) is 5.32 Å². The molecule has 0 aliphatic heterocycles. The molecule has 1 aromatic carbocycles. The Kier molecular flexibility index (Phi) is 4.04. The van der Waals surface area contributed by atoms with E-state index in [4.69, 9.17) is 10.2 Å². The lowest BCUT2D eigenvalue weighted by Gasteiger charge is -2.05. The van der Waals surface area contributed by atoms with Gasteiger partial charge in [0.05, 0.1) is 0 Å². The van der Waals surface area contributed by atoms with Gasteiger partial charge in [0, 0.05) is 22.4 Å². The number of hydrogen-bond acceptors (Lipinski definition) is 3. The first-order chi connectivity index (χ1) is 8.56. The van der Waals surface area contributed by atoms with Crippen molar-refractivity contribution in [3.63, 3.8) is 0 Å². The Morgan fingerprint density at radius 3 is 3.00 bits per heavy atom. The minimum atomic E-state index is -0.206. The monoisotopic (exact) mass is 310 g/mol. The van der Waals surface area contributed by atoms with Gasteiger partial charge in [0.1, 0.15) is 5.58 Å². The average molecular weight is 311 g/mol. The van der Waals surface area contributed by atoms with Crippen LogP contribution < -0.4 is 11.1 Å². The van der Waals surface area contributed by atoms with Crippen LogP contribution in [0.15, 0.2) is 33.2 Å². The molecule has 1 unspecified atom stereocenters. The fourth-order valence-electron chi connectivity index (χ4n) is 1.63. The number of halogens is 1. The summed E-state index contributed by atoms with van der Waals surface area (Å²) in [6, 6.07) is 7.44. The van der Waals surface area contributed by atoms with Gasteiger partial charge in [0.25, 0.3) is 5.91 Å². The number of nitrogens with one attached hydrogen (secondary N) is 1. The molecule has 5 heteroatoms. The summed E-state index contributed by atoms with van der Waals surface area (Å²) in [6.45, 7) is 2.46. The van der Waals surface area contributed by atoms with Crippen LogP contribution in [-0.4, -0.2) is 18.5 Å². The first-order valence-electron chi connectivity index (χ1n) is 5.79. The third-order valence-corrected chi connectivity index (χ3v) is 3.08. The molecule has 0 bridgehead atoms. The molecule has 1 aromatic heterocycles. The molecule has 0 aliphatic rings. The molecule has 1 heterocycles. The van der Waals surface area contributed by atoms with Crippen LogP contribution in [0.25, 0.3) is 11.0 Å². The Hall–Kier alpha value is -1.33. The SMILES string of the molecule is CC(N)CCNC(=O)c1cc2cc(Br)ccc2o1. The molecule has 2 aromatic rings. The van der Waals surface area contributed by atoms with Crippen molar-refractivity contribution in [3.8, 4) is 0 Å². The number of furan rings is 1. The lowest BCUT2D eigenvalue weighted by Crippen LogP contribution is -2.28. The number of benzene rings is 1. The van der Waals surface area contributed by atoms with Crippen molar-refractivity contribution in [3.05, 3.63) is 34.5 Å². The number of amides is 1. The largest absolute Gasteiger partial charge is 0.451 e. The first-order valence-corrected chi connectivity index (χ1v) is 6.58. The summed E-state index contributed by atoms with van der Waals surface area (Å²) in [5.74, 6) is 0.121. The highest BCUT2D eigenvalue weighted by Gasteiger charge is 2.11. The Morgan fingerprint density at radius 1 is 1.50 bits per heavy atom. The van der Waals surface area contributed by atoms with Gasteiger partial charge in [-0.15, -0.1) is 0 Å². The number of fused-ring (bicyclic) bond motifs is 1. The van der Waals surface area contributed by atoms with Crippen LogP contribution in [0.4, 0.5) is 0 Å². The predicted octanol–water partition coefficient (Wildman–Crippen LogP) is 2.66. The predicted molar refractivity (Wildman–Crippen MR) is 74.5 cm³/mol. The zero-order chi connectivity index (χ0) is 13.1. The molecule has 0 saturated heterocycles. The van der Waals surface area contributed by atoms with Crippen LogP contribution in [0.3, 0.4) is 0 Å². The topological polar surface area (TPSA) is 68.3 Å². The van der Waals surface area contributed by atoms with E-state index in [1.807, 2.05) is 25.1 Å². The van der Waals surface area contributed by atoms with Gasteiger partial charge in [-0.05, 0) is 37.6 Å². The maximum atomic E-state index is 11.8. The number of hydrogen-bond donors (Lipinski definition) is 2. The van der Waals surface area contributed by atoms with E-state index < -0.39 is 0 Å². The first kappa shape index (κ1) is 13.1.